The van der Waals surface area contributed by atoms with Gasteiger partial charge in [0.05, 0.1) is 0 Å². The minimum atomic E-state index is 0.639. The molecule has 0 bridgehead atoms. The van der Waals surface area contributed by atoms with Crippen LogP contribution in [0.2, 0.25) is 0 Å². The van der Waals surface area contributed by atoms with Gasteiger partial charge in [-0.2, -0.15) is 0 Å². The Balaban J connectivity index is 2.07. The van der Waals surface area contributed by atoms with Crippen molar-refractivity contribution in [1.82, 2.24) is 9.80 Å². The summed E-state index contributed by atoms with van der Waals surface area (Å²) < 4.78 is 0. The molecule has 46 heavy (non-hydrogen) atoms. The van der Waals surface area contributed by atoms with Crippen molar-refractivity contribution in [3.63, 3.8) is 0 Å². The molecule has 0 aliphatic carbocycles. The van der Waals surface area contributed by atoms with E-state index in [4.69, 9.17) is 0 Å². The van der Waals surface area contributed by atoms with Crippen LogP contribution < -0.4 is 0 Å². The average Bonchev–Trinajstić information content (AvgIpc) is 3.45. The molecule has 1 heterocycles. The molecule has 0 aromatic rings. The summed E-state index contributed by atoms with van der Waals surface area (Å²) >= 11 is 0. The van der Waals surface area contributed by atoms with Crippen molar-refractivity contribution in [3.8, 4) is 0 Å². The van der Waals surface area contributed by atoms with Gasteiger partial charge in [-0.1, -0.05) is 226 Å². The predicted octanol–water partition coefficient (Wildman–Crippen LogP) is 15.5. The zero-order chi connectivity index (χ0) is 33.0. The van der Waals surface area contributed by atoms with Gasteiger partial charge in [0, 0.05) is 25.5 Å². The van der Waals surface area contributed by atoms with E-state index in [1.54, 1.807) is 0 Å². The molecule has 1 unspecified atom stereocenters. The van der Waals surface area contributed by atoms with E-state index in [0.717, 1.165) is 0 Å². The van der Waals surface area contributed by atoms with Crippen LogP contribution in [-0.2, 0) is 0 Å². The lowest BCUT2D eigenvalue weighted by Gasteiger charge is -2.33. The Labute approximate surface area is 292 Å². The van der Waals surface area contributed by atoms with Gasteiger partial charge in [0.15, 0.2) is 0 Å². The standard InChI is InChI=1S/C44H88N2/c1-4-7-10-13-15-17-19-21-23-24-25-27-29-31-33-35-38-41-46-43-42-45(40-37-12-9-6-3)44(46)39-36-34-32-30-28-26-22-20-18-16-14-11-8-5-2/h42-44H,4-41H2,1-3H3. The van der Waals surface area contributed by atoms with E-state index in [1.807, 2.05) is 0 Å². The SMILES string of the molecule is CCCCCCCCCCCCCCCCCCCN1C=CN(CCCCCC)C1CCCCCCCCCCCCCCCC. The van der Waals surface area contributed by atoms with Gasteiger partial charge in [0.1, 0.15) is 6.17 Å². The van der Waals surface area contributed by atoms with Crippen molar-refractivity contribution in [2.45, 2.75) is 258 Å². The van der Waals surface area contributed by atoms with Crippen molar-refractivity contribution >= 4 is 0 Å². The van der Waals surface area contributed by atoms with Crippen molar-refractivity contribution in [1.29, 1.82) is 0 Å². The summed E-state index contributed by atoms with van der Waals surface area (Å²) in [6.45, 7) is 9.48. The molecule has 2 nitrogen and oxygen atoms in total. The number of unbranched alkanes of at least 4 members (excludes halogenated alkanes) is 32. The highest BCUT2D eigenvalue weighted by Gasteiger charge is 2.24. The maximum absolute atomic E-state index is 2.72. The molecule has 0 radical (unpaired) electrons. The molecule has 0 N–H and O–H groups in total. The minimum absolute atomic E-state index is 0.639. The van der Waals surface area contributed by atoms with E-state index in [-0.39, 0.29) is 0 Å². The van der Waals surface area contributed by atoms with Gasteiger partial charge in [-0.25, -0.2) is 0 Å². The molecule has 0 saturated carbocycles. The van der Waals surface area contributed by atoms with E-state index in [1.165, 1.54) is 244 Å². The van der Waals surface area contributed by atoms with Crippen molar-refractivity contribution < 1.29 is 0 Å². The topological polar surface area (TPSA) is 6.48 Å². The highest BCUT2D eigenvalue weighted by atomic mass is 15.4. The predicted molar refractivity (Wildman–Crippen MR) is 210 cm³/mol. The molecule has 0 aromatic heterocycles. The summed E-state index contributed by atoms with van der Waals surface area (Å²) in [6, 6.07) is 0. The van der Waals surface area contributed by atoms with E-state index >= 15 is 0 Å². The van der Waals surface area contributed by atoms with Crippen molar-refractivity contribution in [2.24, 2.45) is 0 Å². The van der Waals surface area contributed by atoms with E-state index in [2.05, 4.69) is 43.0 Å². The van der Waals surface area contributed by atoms with Gasteiger partial charge in [0.25, 0.3) is 0 Å². The molecule has 0 saturated heterocycles. The molecular weight excluding hydrogens is 556 g/mol. The first-order chi connectivity index (χ1) is 22.8. The number of nitrogens with zero attached hydrogens (tertiary/aromatic N) is 2. The fraction of sp³-hybridized carbons (Fsp3) is 0.955. The summed E-state index contributed by atoms with van der Waals surface area (Å²) in [5.74, 6) is 0. The van der Waals surface area contributed by atoms with Gasteiger partial charge in [-0.3, -0.25) is 0 Å². The van der Waals surface area contributed by atoms with E-state index in [9.17, 15) is 0 Å². The second-order valence-electron chi connectivity index (χ2n) is 15.4. The van der Waals surface area contributed by atoms with E-state index < -0.39 is 0 Å². The molecule has 1 aliphatic heterocycles. The van der Waals surface area contributed by atoms with Gasteiger partial charge in [0.2, 0.25) is 0 Å². The Hall–Kier alpha value is -0.660. The largest absolute Gasteiger partial charge is 0.356 e. The van der Waals surface area contributed by atoms with Gasteiger partial charge >= 0.3 is 0 Å². The van der Waals surface area contributed by atoms with Gasteiger partial charge in [-0.15, -0.1) is 0 Å². The van der Waals surface area contributed by atoms with Crippen molar-refractivity contribution in [2.75, 3.05) is 13.1 Å². The zero-order valence-corrected chi connectivity index (χ0v) is 32.5. The Kier molecular flexibility index (Phi) is 33.6. The summed E-state index contributed by atoms with van der Waals surface area (Å²) in [5.41, 5.74) is 0. The first-order valence-corrected chi connectivity index (χ1v) is 22.0. The Morgan fingerprint density at radius 1 is 0.283 bits per heavy atom. The van der Waals surface area contributed by atoms with Crippen LogP contribution in [0.3, 0.4) is 0 Å². The minimum Gasteiger partial charge on any atom is -0.356 e. The third-order valence-electron chi connectivity index (χ3n) is 10.8. The molecule has 0 amide bonds. The Morgan fingerprint density at radius 2 is 0.500 bits per heavy atom. The smallest absolute Gasteiger partial charge is 0.101 e. The Morgan fingerprint density at radius 3 is 0.783 bits per heavy atom. The normalized spacial score (nSPS) is 14.7. The summed E-state index contributed by atoms with van der Waals surface area (Å²) in [7, 11) is 0. The van der Waals surface area contributed by atoms with Crippen LogP contribution in [0.1, 0.15) is 252 Å². The van der Waals surface area contributed by atoms with Crippen LogP contribution in [0.25, 0.3) is 0 Å². The lowest BCUT2D eigenvalue weighted by atomic mass is 10.0. The summed E-state index contributed by atoms with van der Waals surface area (Å²) in [5, 5.41) is 0. The number of hydrogen-bond donors (Lipinski definition) is 0. The molecule has 1 atom stereocenters. The van der Waals surface area contributed by atoms with Crippen LogP contribution >= 0.6 is 0 Å². The van der Waals surface area contributed by atoms with Crippen LogP contribution in [0.15, 0.2) is 12.4 Å². The molecule has 274 valence electrons. The molecule has 0 fully saturated rings. The first-order valence-electron chi connectivity index (χ1n) is 22.0. The van der Waals surface area contributed by atoms with Crippen LogP contribution in [0.5, 0.6) is 0 Å². The number of hydrogen-bond acceptors (Lipinski definition) is 2. The lowest BCUT2D eigenvalue weighted by molar-refractivity contribution is 0.135. The Bertz CT molecular complexity index is 601. The van der Waals surface area contributed by atoms with E-state index in [0.29, 0.717) is 6.17 Å². The molecular formula is C44H88N2. The fourth-order valence-corrected chi connectivity index (χ4v) is 7.60. The van der Waals surface area contributed by atoms with Gasteiger partial charge < -0.3 is 9.80 Å². The number of rotatable bonds is 38. The van der Waals surface area contributed by atoms with Crippen LogP contribution in [0, 0.1) is 0 Å². The molecule has 1 rings (SSSR count). The maximum atomic E-state index is 2.72. The molecule has 2 heteroatoms. The maximum Gasteiger partial charge on any atom is 0.101 e. The molecule has 0 spiro atoms. The van der Waals surface area contributed by atoms with Crippen molar-refractivity contribution in [3.05, 3.63) is 12.4 Å². The van der Waals surface area contributed by atoms with Crippen LogP contribution in [-0.4, -0.2) is 29.1 Å². The van der Waals surface area contributed by atoms with Crippen LogP contribution in [0.4, 0.5) is 0 Å². The third kappa shape index (κ3) is 27.3. The highest BCUT2D eigenvalue weighted by Crippen LogP contribution is 2.24. The first kappa shape index (κ1) is 43.4. The highest BCUT2D eigenvalue weighted by molar-refractivity contribution is 4.97. The lowest BCUT2D eigenvalue weighted by Crippen LogP contribution is -2.39. The monoisotopic (exact) mass is 645 g/mol. The van der Waals surface area contributed by atoms with Gasteiger partial charge in [-0.05, 0) is 25.7 Å². The summed E-state index contributed by atoms with van der Waals surface area (Å²) in [6.07, 6.45) is 57.4. The second-order valence-corrected chi connectivity index (χ2v) is 15.4. The quantitative estimate of drug-likeness (QED) is 0.0617. The molecule has 0 aromatic carbocycles. The summed E-state index contributed by atoms with van der Waals surface area (Å²) in [4.78, 5) is 5.42. The molecule has 1 aliphatic rings. The second kappa shape index (κ2) is 35.6. The zero-order valence-electron chi connectivity index (χ0n) is 32.5. The fourth-order valence-electron chi connectivity index (χ4n) is 7.60. The average molecular weight is 645 g/mol. The third-order valence-corrected chi connectivity index (χ3v) is 10.8.